The third-order valence-electron chi connectivity index (χ3n) is 0.147. The second-order valence-corrected chi connectivity index (χ2v) is 1.07. The number of rotatable bonds is 2. The summed E-state index contributed by atoms with van der Waals surface area (Å²) in [7, 11) is 0. The minimum atomic E-state index is -2.43. The molecular formula is C2H3LiO3S. The largest absolute Gasteiger partial charge is 1.00 e. The Kier molecular flexibility index (Phi) is 9.17. The topological polar surface area (TPSA) is 49.4 Å². The van der Waals surface area contributed by atoms with E-state index in [1.54, 1.807) is 0 Å². The monoisotopic (exact) mass is 114 g/mol. The molecule has 0 rings (SSSR count). The number of hydrogen-bond donors (Lipinski definition) is 0. The summed E-state index contributed by atoms with van der Waals surface area (Å²) < 4.78 is 22.3. The van der Waals surface area contributed by atoms with Crippen molar-refractivity contribution in [3.63, 3.8) is 0 Å². The molecule has 0 aromatic carbocycles. The Morgan fingerprint density at radius 1 is 1.86 bits per heavy atom. The van der Waals surface area contributed by atoms with E-state index in [-0.39, 0.29) is 18.9 Å². The summed E-state index contributed by atoms with van der Waals surface area (Å²) in [6.07, 6.45) is 0.836. The van der Waals surface area contributed by atoms with Crippen molar-refractivity contribution in [3.8, 4) is 0 Å². The van der Waals surface area contributed by atoms with E-state index >= 15 is 0 Å². The maximum Gasteiger partial charge on any atom is 1.00 e. The van der Waals surface area contributed by atoms with Gasteiger partial charge in [-0.05, 0) is 0 Å². The molecule has 36 valence electrons. The molecule has 3 nitrogen and oxygen atoms in total. The van der Waals surface area contributed by atoms with Crippen LogP contribution in [0.15, 0.2) is 12.8 Å². The van der Waals surface area contributed by atoms with Crippen molar-refractivity contribution in [2.75, 3.05) is 0 Å². The van der Waals surface area contributed by atoms with E-state index in [1.165, 1.54) is 0 Å². The van der Waals surface area contributed by atoms with Gasteiger partial charge in [0.2, 0.25) is 0 Å². The van der Waals surface area contributed by atoms with Crippen LogP contribution in [0.25, 0.3) is 0 Å². The van der Waals surface area contributed by atoms with Gasteiger partial charge in [0, 0.05) is 0 Å². The van der Waals surface area contributed by atoms with E-state index in [1.807, 2.05) is 0 Å². The fraction of sp³-hybridized carbons (Fsp3) is 0. The van der Waals surface area contributed by atoms with Crippen LogP contribution in [-0.2, 0) is 15.5 Å². The molecule has 0 heterocycles. The van der Waals surface area contributed by atoms with E-state index in [4.69, 9.17) is 0 Å². The summed E-state index contributed by atoms with van der Waals surface area (Å²) in [5.74, 6) is 0. The molecule has 0 aromatic rings. The molecule has 7 heavy (non-hydrogen) atoms. The Morgan fingerprint density at radius 3 is 2.29 bits per heavy atom. The van der Waals surface area contributed by atoms with Crippen LogP contribution in [-0.4, -0.2) is 8.76 Å². The van der Waals surface area contributed by atoms with Gasteiger partial charge in [-0.3, -0.25) is 0 Å². The molecule has 1 atom stereocenters. The van der Waals surface area contributed by atoms with Gasteiger partial charge in [0.1, 0.15) is 11.4 Å². The molecule has 0 aliphatic rings. The van der Waals surface area contributed by atoms with Crippen molar-refractivity contribution in [1.29, 1.82) is 0 Å². The molecule has 0 aliphatic carbocycles. The van der Waals surface area contributed by atoms with Crippen molar-refractivity contribution < 1.29 is 31.8 Å². The second kappa shape index (κ2) is 6.25. The molecule has 0 amide bonds. The Morgan fingerprint density at radius 2 is 2.29 bits per heavy atom. The van der Waals surface area contributed by atoms with Crippen LogP contribution in [0.1, 0.15) is 0 Å². The van der Waals surface area contributed by atoms with Crippen molar-refractivity contribution in [1.82, 2.24) is 0 Å². The second-order valence-electron chi connectivity index (χ2n) is 0.467. The first-order valence-corrected chi connectivity index (χ1v) is 2.14. The smallest absolute Gasteiger partial charge is 0.740 e. The van der Waals surface area contributed by atoms with Gasteiger partial charge in [-0.2, -0.15) is 0 Å². The van der Waals surface area contributed by atoms with Crippen molar-refractivity contribution in [2.45, 2.75) is 0 Å². The minimum Gasteiger partial charge on any atom is -0.740 e. The number of hydrogen-bond acceptors (Lipinski definition) is 3. The predicted molar refractivity (Wildman–Crippen MR) is 20.2 cm³/mol. The van der Waals surface area contributed by atoms with Crippen LogP contribution in [0, 0.1) is 0 Å². The molecule has 0 saturated carbocycles. The van der Waals surface area contributed by atoms with Crippen LogP contribution in [0.4, 0.5) is 0 Å². The Hall–Kier alpha value is 0.247. The van der Waals surface area contributed by atoms with Crippen molar-refractivity contribution in [2.24, 2.45) is 0 Å². The van der Waals surface area contributed by atoms with Gasteiger partial charge in [0.05, 0.1) is 6.26 Å². The van der Waals surface area contributed by atoms with Crippen LogP contribution in [0.2, 0.25) is 0 Å². The minimum absolute atomic E-state index is 0. The summed E-state index contributed by atoms with van der Waals surface area (Å²) in [5, 5.41) is 0. The van der Waals surface area contributed by atoms with Gasteiger partial charge in [0.25, 0.3) is 0 Å². The summed E-state index contributed by atoms with van der Waals surface area (Å²) in [5.41, 5.74) is 0. The third kappa shape index (κ3) is 10.7. The zero-order chi connectivity index (χ0) is 4.99. The molecule has 0 N–H and O–H groups in total. The molecular weight excluding hydrogens is 111 g/mol. The summed E-state index contributed by atoms with van der Waals surface area (Å²) in [6, 6.07) is 0. The van der Waals surface area contributed by atoms with Crippen molar-refractivity contribution in [3.05, 3.63) is 12.8 Å². The van der Waals surface area contributed by atoms with Crippen LogP contribution in [0.5, 0.6) is 0 Å². The van der Waals surface area contributed by atoms with E-state index in [9.17, 15) is 8.76 Å². The van der Waals surface area contributed by atoms with E-state index in [0.29, 0.717) is 0 Å². The van der Waals surface area contributed by atoms with E-state index < -0.39 is 11.4 Å². The predicted octanol–water partition coefficient (Wildman–Crippen LogP) is -3.06. The Labute approximate surface area is 56.4 Å². The fourth-order valence-electron chi connectivity index (χ4n) is 0.0556. The molecule has 1 unspecified atom stereocenters. The van der Waals surface area contributed by atoms with Crippen LogP contribution >= 0.6 is 0 Å². The van der Waals surface area contributed by atoms with Gasteiger partial charge in [-0.25, -0.2) is 4.21 Å². The van der Waals surface area contributed by atoms with Gasteiger partial charge in [-0.1, -0.05) is 6.58 Å². The third-order valence-corrected chi connectivity index (χ3v) is 0.440. The van der Waals surface area contributed by atoms with Gasteiger partial charge in [-0.15, -0.1) is 0 Å². The van der Waals surface area contributed by atoms with Gasteiger partial charge < -0.3 is 8.74 Å². The molecule has 5 heteroatoms. The Bertz CT molecular complexity index is 73.3. The Balaban J connectivity index is 0. The maximum atomic E-state index is 9.31. The summed E-state index contributed by atoms with van der Waals surface area (Å²) >= 11 is -2.43. The molecule has 0 saturated heterocycles. The molecule has 0 bridgehead atoms. The first kappa shape index (κ1) is 10.3. The average Bonchev–Trinajstić information content (AvgIpc) is 1.35. The quantitative estimate of drug-likeness (QED) is 0.217. The normalized spacial score (nSPS) is 11.0. The fourth-order valence-corrected chi connectivity index (χ4v) is 0.167. The van der Waals surface area contributed by atoms with Crippen molar-refractivity contribution >= 4 is 11.4 Å². The maximum absolute atomic E-state index is 9.31. The van der Waals surface area contributed by atoms with Gasteiger partial charge >= 0.3 is 18.9 Å². The van der Waals surface area contributed by atoms with E-state index in [0.717, 1.165) is 6.26 Å². The first-order valence-electron chi connectivity index (χ1n) is 1.14. The first-order chi connectivity index (χ1) is 2.77. The zero-order valence-electron chi connectivity index (χ0n) is 3.92. The van der Waals surface area contributed by atoms with Crippen LogP contribution < -0.4 is 18.9 Å². The molecule has 0 fully saturated rings. The van der Waals surface area contributed by atoms with Gasteiger partial charge in [0.15, 0.2) is 0 Å². The molecule has 0 aliphatic heterocycles. The SMILES string of the molecule is C=COS(=O)[O-].[Li+]. The molecule has 0 aromatic heterocycles. The van der Waals surface area contributed by atoms with Crippen LogP contribution in [0.3, 0.4) is 0 Å². The summed E-state index contributed by atoms with van der Waals surface area (Å²) in [6.45, 7) is 2.99. The average molecular weight is 114 g/mol. The van der Waals surface area contributed by atoms with E-state index in [2.05, 4.69) is 10.8 Å². The standard InChI is InChI=1S/C2H4O3S.Li/c1-2-5-6(3)4;/h2H,1H2,(H,3,4);/q;+1/p-1. The molecule has 0 spiro atoms. The summed E-state index contributed by atoms with van der Waals surface area (Å²) in [4.78, 5) is 0. The zero-order valence-corrected chi connectivity index (χ0v) is 4.73. The molecule has 0 radical (unpaired) electrons.